The van der Waals surface area contributed by atoms with Gasteiger partial charge in [0.15, 0.2) is 0 Å². The highest BCUT2D eigenvalue weighted by molar-refractivity contribution is 5.60. The molecule has 0 saturated carbocycles. The van der Waals surface area contributed by atoms with Gasteiger partial charge in [0.1, 0.15) is 5.82 Å². The molecule has 1 aromatic rings. The molecule has 0 saturated heterocycles. The topological polar surface area (TPSA) is 15.3 Å². The number of anilines is 1. The lowest BCUT2D eigenvalue weighted by Gasteiger charge is -2.26. The number of rotatable bonds is 3. The van der Waals surface area contributed by atoms with E-state index in [2.05, 4.69) is 17.1 Å². The average Bonchev–Trinajstić information content (AvgIpc) is 2.56. The Morgan fingerprint density at radius 3 is 2.88 bits per heavy atom. The molecule has 0 amide bonds. The molecule has 1 aliphatic rings. The smallest absolute Gasteiger partial charge is 0.129 e. The third-order valence-electron chi connectivity index (χ3n) is 3.40. The number of benzene rings is 1. The minimum Gasteiger partial charge on any atom is -0.384 e. The highest BCUT2D eigenvalue weighted by Crippen LogP contribution is 2.40. The summed E-state index contributed by atoms with van der Waals surface area (Å²) in [6.07, 6.45) is 0.973. The molecular formula is C13H19FN2. The van der Waals surface area contributed by atoms with Gasteiger partial charge in [0.2, 0.25) is 0 Å². The highest BCUT2D eigenvalue weighted by Gasteiger charge is 2.36. The summed E-state index contributed by atoms with van der Waals surface area (Å²) in [7, 11) is 4.10. The fourth-order valence-corrected chi connectivity index (χ4v) is 2.35. The zero-order valence-electron chi connectivity index (χ0n) is 10.2. The largest absolute Gasteiger partial charge is 0.384 e. The van der Waals surface area contributed by atoms with Gasteiger partial charge in [0.05, 0.1) is 0 Å². The van der Waals surface area contributed by atoms with Gasteiger partial charge in [-0.3, -0.25) is 0 Å². The molecule has 1 atom stereocenters. The Labute approximate surface area is 96.5 Å². The first-order chi connectivity index (χ1) is 7.53. The van der Waals surface area contributed by atoms with Gasteiger partial charge >= 0.3 is 0 Å². The van der Waals surface area contributed by atoms with E-state index in [1.54, 1.807) is 12.1 Å². The Kier molecular flexibility index (Phi) is 2.89. The molecule has 1 N–H and O–H groups in total. The van der Waals surface area contributed by atoms with Crippen molar-refractivity contribution in [2.24, 2.45) is 0 Å². The van der Waals surface area contributed by atoms with Gasteiger partial charge < -0.3 is 10.2 Å². The summed E-state index contributed by atoms with van der Waals surface area (Å²) in [5.41, 5.74) is 1.74. The van der Waals surface area contributed by atoms with Gasteiger partial charge in [-0.1, -0.05) is 13.0 Å². The maximum absolute atomic E-state index is 13.9. The van der Waals surface area contributed by atoms with Crippen LogP contribution >= 0.6 is 0 Å². The zero-order chi connectivity index (χ0) is 11.8. The quantitative estimate of drug-likeness (QED) is 0.845. The molecule has 88 valence electrons. The maximum atomic E-state index is 13.9. The molecule has 2 rings (SSSR count). The van der Waals surface area contributed by atoms with Crippen LogP contribution in [0.15, 0.2) is 18.2 Å². The summed E-state index contributed by atoms with van der Waals surface area (Å²) >= 11 is 0. The van der Waals surface area contributed by atoms with Crippen LogP contribution in [0, 0.1) is 5.82 Å². The van der Waals surface area contributed by atoms with Crippen LogP contribution in [0.5, 0.6) is 0 Å². The van der Waals surface area contributed by atoms with Gasteiger partial charge in [-0.05, 0) is 39.2 Å². The van der Waals surface area contributed by atoms with Crippen LogP contribution in [0.25, 0.3) is 0 Å². The lowest BCUT2D eigenvalue weighted by molar-refractivity contribution is 0.337. The Morgan fingerprint density at radius 1 is 1.44 bits per heavy atom. The van der Waals surface area contributed by atoms with E-state index >= 15 is 0 Å². The first-order valence-corrected chi connectivity index (χ1v) is 5.70. The average molecular weight is 222 g/mol. The lowest BCUT2D eigenvalue weighted by Crippen LogP contribution is -2.30. The summed E-state index contributed by atoms with van der Waals surface area (Å²) in [5.74, 6) is -0.0799. The second-order valence-electron chi connectivity index (χ2n) is 5.13. The summed E-state index contributed by atoms with van der Waals surface area (Å²) in [6, 6.07) is 5.28. The van der Waals surface area contributed by atoms with Gasteiger partial charge in [0.25, 0.3) is 0 Å². The van der Waals surface area contributed by atoms with E-state index in [1.807, 2.05) is 20.2 Å². The molecule has 0 spiro atoms. The van der Waals surface area contributed by atoms with Crippen molar-refractivity contribution in [3.63, 3.8) is 0 Å². The first-order valence-electron chi connectivity index (χ1n) is 5.70. The number of nitrogens with zero attached hydrogens (tertiary/aromatic N) is 1. The van der Waals surface area contributed by atoms with E-state index in [0.717, 1.165) is 30.8 Å². The van der Waals surface area contributed by atoms with E-state index in [9.17, 15) is 4.39 Å². The molecule has 0 radical (unpaired) electrons. The summed E-state index contributed by atoms with van der Waals surface area (Å²) in [4.78, 5) is 2.14. The maximum Gasteiger partial charge on any atom is 0.129 e. The van der Waals surface area contributed by atoms with Crippen molar-refractivity contribution in [2.75, 3.05) is 32.5 Å². The number of fused-ring (bicyclic) bond motifs is 1. The number of nitrogens with one attached hydrogen (secondary N) is 1. The van der Waals surface area contributed by atoms with E-state index in [4.69, 9.17) is 0 Å². The SMILES string of the molecule is CN(C)CCC1(C)CNc2cccc(F)c21. The van der Waals surface area contributed by atoms with Crippen LogP contribution in [-0.4, -0.2) is 32.1 Å². The van der Waals surface area contributed by atoms with Crippen LogP contribution in [-0.2, 0) is 5.41 Å². The highest BCUT2D eigenvalue weighted by atomic mass is 19.1. The Morgan fingerprint density at radius 2 is 2.19 bits per heavy atom. The van der Waals surface area contributed by atoms with E-state index < -0.39 is 0 Å². The van der Waals surface area contributed by atoms with Crippen molar-refractivity contribution in [1.29, 1.82) is 0 Å². The van der Waals surface area contributed by atoms with Crippen LogP contribution < -0.4 is 5.32 Å². The lowest BCUT2D eigenvalue weighted by atomic mass is 9.81. The molecular weight excluding hydrogens is 203 g/mol. The van der Waals surface area contributed by atoms with Crippen molar-refractivity contribution >= 4 is 5.69 Å². The molecule has 1 aromatic carbocycles. The molecule has 0 aromatic heterocycles. The van der Waals surface area contributed by atoms with E-state index in [-0.39, 0.29) is 11.2 Å². The second-order valence-corrected chi connectivity index (χ2v) is 5.13. The summed E-state index contributed by atoms with van der Waals surface area (Å²) < 4.78 is 13.9. The normalized spacial score (nSPS) is 23.3. The molecule has 1 aliphatic heterocycles. The molecule has 1 heterocycles. The number of hydrogen-bond donors (Lipinski definition) is 1. The predicted molar refractivity (Wildman–Crippen MR) is 65.4 cm³/mol. The van der Waals surface area contributed by atoms with Gasteiger partial charge in [-0.2, -0.15) is 0 Å². The van der Waals surface area contributed by atoms with Gasteiger partial charge in [-0.15, -0.1) is 0 Å². The van der Waals surface area contributed by atoms with E-state index in [0.29, 0.717) is 0 Å². The molecule has 2 nitrogen and oxygen atoms in total. The molecule has 0 fully saturated rings. The second kappa shape index (κ2) is 4.06. The summed E-state index contributed by atoms with van der Waals surface area (Å²) in [5, 5.41) is 3.30. The number of halogens is 1. The van der Waals surface area contributed by atoms with Crippen molar-refractivity contribution in [3.8, 4) is 0 Å². The van der Waals surface area contributed by atoms with Crippen molar-refractivity contribution < 1.29 is 4.39 Å². The summed E-state index contributed by atoms with van der Waals surface area (Å²) in [6.45, 7) is 3.95. The van der Waals surface area contributed by atoms with Crippen LogP contribution in [0.4, 0.5) is 10.1 Å². The Hall–Kier alpha value is -1.09. The zero-order valence-corrected chi connectivity index (χ0v) is 10.2. The van der Waals surface area contributed by atoms with E-state index in [1.165, 1.54) is 0 Å². The molecule has 0 aliphatic carbocycles. The molecule has 1 unspecified atom stereocenters. The minimum absolute atomic E-state index is 0.0784. The fourth-order valence-electron chi connectivity index (χ4n) is 2.35. The minimum atomic E-state index is -0.0799. The monoisotopic (exact) mass is 222 g/mol. The van der Waals surface area contributed by atoms with Crippen molar-refractivity contribution in [1.82, 2.24) is 4.90 Å². The standard InChI is InChI=1S/C13H19FN2/c1-13(7-8-16(2)3)9-15-11-6-4-5-10(14)12(11)13/h4-6,15H,7-9H2,1-3H3. The molecule has 3 heteroatoms. The Bertz CT molecular complexity index is 390. The predicted octanol–water partition coefficient (Wildman–Crippen LogP) is 2.46. The molecule has 16 heavy (non-hydrogen) atoms. The fraction of sp³-hybridized carbons (Fsp3) is 0.538. The Balaban J connectivity index is 2.27. The van der Waals surface area contributed by atoms with Crippen LogP contribution in [0.2, 0.25) is 0 Å². The van der Waals surface area contributed by atoms with Crippen LogP contribution in [0.3, 0.4) is 0 Å². The molecule has 0 bridgehead atoms. The van der Waals surface area contributed by atoms with Crippen LogP contribution in [0.1, 0.15) is 18.9 Å². The third-order valence-corrected chi connectivity index (χ3v) is 3.40. The van der Waals surface area contributed by atoms with Gasteiger partial charge in [0, 0.05) is 23.2 Å². The van der Waals surface area contributed by atoms with Crippen molar-refractivity contribution in [2.45, 2.75) is 18.8 Å². The first kappa shape index (κ1) is 11.4. The third kappa shape index (κ3) is 1.92. The van der Waals surface area contributed by atoms with Crippen molar-refractivity contribution in [3.05, 3.63) is 29.6 Å². The van der Waals surface area contributed by atoms with Gasteiger partial charge in [-0.25, -0.2) is 4.39 Å². The number of hydrogen-bond acceptors (Lipinski definition) is 2.